The maximum atomic E-state index is 12.3. The van der Waals surface area contributed by atoms with E-state index in [0.29, 0.717) is 12.1 Å². The highest BCUT2D eigenvalue weighted by molar-refractivity contribution is 7.12. The minimum absolute atomic E-state index is 0.165. The number of rotatable bonds is 5. The minimum Gasteiger partial charge on any atom is -0.444 e. The van der Waals surface area contributed by atoms with Crippen LogP contribution in [0.2, 0.25) is 0 Å². The minimum atomic E-state index is -0.423. The van der Waals surface area contributed by atoms with Gasteiger partial charge in [0.05, 0.1) is 0 Å². The Morgan fingerprint density at radius 1 is 1.48 bits per heavy atom. The number of nitrogens with zero attached hydrogens (tertiary/aromatic N) is 1. The van der Waals surface area contributed by atoms with Crippen LogP contribution in [0, 0.1) is 6.92 Å². The van der Waals surface area contributed by atoms with E-state index in [1.54, 1.807) is 0 Å². The Hall–Kier alpha value is -1.07. The van der Waals surface area contributed by atoms with E-state index in [9.17, 15) is 4.79 Å². The van der Waals surface area contributed by atoms with Crippen LogP contribution in [0.25, 0.3) is 0 Å². The number of carbonyl (C=O) groups is 1. The van der Waals surface area contributed by atoms with Crippen LogP contribution >= 0.6 is 11.3 Å². The van der Waals surface area contributed by atoms with E-state index < -0.39 is 5.60 Å². The summed E-state index contributed by atoms with van der Waals surface area (Å²) in [6.45, 7) is 11.8. The van der Waals surface area contributed by atoms with Crippen molar-refractivity contribution >= 4 is 17.4 Å². The van der Waals surface area contributed by atoms with E-state index >= 15 is 0 Å². The average Bonchev–Trinajstić information content (AvgIpc) is 3.05. The third-order valence-corrected chi connectivity index (χ3v) is 5.30. The van der Waals surface area contributed by atoms with Gasteiger partial charge >= 0.3 is 6.09 Å². The molecule has 1 fully saturated rings. The number of amides is 1. The van der Waals surface area contributed by atoms with Gasteiger partial charge in [-0.15, -0.1) is 11.3 Å². The molecule has 5 heteroatoms. The van der Waals surface area contributed by atoms with Crippen molar-refractivity contribution in [3.05, 3.63) is 21.9 Å². The van der Waals surface area contributed by atoms with E-state index in [4.69, 9.17) is 4.74 Å². The van der Waals surface area contributed by atoms with Crippen LogP contribution in [-0.2, 0) is 4.74 Å². The molecule has 1 N–H and O–H groups in total. The maximum Gasteiger partial charge on any atom is 0.410 e. The molecule has 1 aromatic rings. The van der Waals surface area contributed by atoms with Gasteiger partial charge in [0.15, 0.2) is 0 Å². The topological polar surface area (TPSA) is 41.6 Å². The number of hydrogen-bond acceptors (Lipinski definition) is 4. The van der Waals surface area contributed by atoms with Gasteiger partial charge < -0.3 is 15.0 Å². The molecule has 130 valence electrons. The van der Waals surface area contributed by atoms with Crippen molar-refractivity contribution in [3.8, 4) is 0 Å². The molecule has 0 radical (unpaired) electrons. The molecular formula is C18H30N2O2S. The van der Waals surface area contributed by atoms with Gasteiger partial charge in [-0.2, -0.15) is 0 Å². The molecule has 0 aromatic carbocycles. The molecule has 2 atom stereocenters. The van der Waals surface area contributed by atoms with Gasteiger partial charge in [0, 0.05) is 28.4 Å². The highest BCUT2D eigenvalue weighted by atomic mass is 32.1. The van der Waals surface area contributed by atoms with Gasteiger partial charge in [0.25, 0.3) is 0 Å². The number of nitrogens with one attached hydrogen (secondary N) is 1. The summed E-state index contributed by atoms with van der Waals surface area (Å²) in [5.74, 6) is 0. The van der Waals surface area contributed by atoms with E-state index in [1.165, 1.54) is 9.75 Å². The number of carbonyl (C=O) groups excluding carboxylic acids is 1. The SMILES string of the molecule is Cc1ccc(C(C)NCCC2CCCN2C(=O)OC(C)(C)C)s1. The zero-order chi connectivity index (χ0) is 17.0. The lowest BCUT2D eigenvalue weighted by atomic mass is 10.1. The molecule has 1 aliphatic rings. The molecule has 1 amide bonds. The third kappa shape index (κ3) is 5.50. The van der Waals surface area contributed by atoms with Crippen molar-refractivity contribution in [1.82, 2.24) is 10.2 Å². The summed E-state index contributed by atoms with van der Waals surface area (Å²) in [7, 11) is 0. The monoisotopic (exact) mass is 338 g/mol. The predicted octanol–water partition coefficient (Wildman–Crippen LogP) is 4.50. The Labute approximate surface area is 144 Å². The van der Waals surface area contributed by atoms with Crippen molar-refractivity contribution in [1.29, 1.82) is 0 Å². The summed E-state index contributed by atoms with van der Waals surface area (Å²) in [5.41, 5.74) is -0.423. The van der Waals surface area contributed by atoms with Crippen LogP contribution in [-0.4, -0.2) is 35.7 Å². The Morgan fingerprint density at radius 2 is 2.22 bits per heavy atom. The van der Waals surface area contributed by atoms with Gasteiger partial charge in [0.1, 0.15) is 5.60 Å². The number of thiophene rings is 1. The maximum absolute atomic E-state index is 12.3. The number of likely N-dealkylation sites (tertiary alicyclic amines) is 1. The summed E-state index contributed by atoms with van der Waals surface area (Å²) in [6, 6.07) is 5.03. The first-order chi connectivity index (χ1) is 10.8. The van der Waals surface area contributed by atoms with Crippen LogP contribution in [0.3, 0.4) is 0 Å². The Bertz CT molecular complexity index is 521. The summed E-state index contributed by atoms with van der Waals surface area (Å²) >= 11 is 1.84. The van der Waals surface area contributed by atoms with E-state index in [0.717, 1.165) is 32.4 Å². The summed E-state index contributed by atoms with van der Waals surface area (Å²) in [5, 5.41) is 3.58. The largest absolute Gasteiger partial charge is 0.444 e. The van der Waals surface area contributed by atoms with Crippen LogP contribution in [0.5, 0.6) is 0 Å². The van der Waals surface area contributed by atoms with Crippen molar-refractivity contribution in [2.24, 2.45) is 0 Å². The smallest absolute Gasteiger partial charge is 0.410 e. The van der Waals surface area contributed by atoms with Gasteiger partial charge in [-0.3, -0.25) is 0 Å². The van der Waals surface area contributed by atoms with E-state index in [1.807, 2.05) is 37.0 Å². The first kappa shape index (κ1) is 18.3. The number of aryl methyl sites for hydroxylation is 1. The fourth-order valence-electron chi connectivity index (χ4n) is 2.95. The van der Waals surface area contributed by atoms with Gasteiger partial charge in [0.2, 0.25) is 0 Å². The fourth-order valence-corrected chi connectivity index (χ4v) is 3.85. The van der Waals surface area contributed by atoms with E-state index in [2.05, 4.69) is 31.3 Å². The second-order valence-corrected chi connectivity index (χ2v) is 8.70. The Morgan fingerprint density at radius 3 is 2.83 bits per heavy atom. The van der Waals surface area contributed by atoms with Crippen LogP contribution in [0.1, 0.15) is 62.8 Å². The highest BCUT2D eigenvalue weighted by Gasteiger charge is 2.31. The zero-order valence-electron chi connectivity index (χ0n) is 15.0. The molecule has 0 aliphatic carbocycles. The molecule has 1 aromatic heterocycles. The van der Waals surface area contributed by atoms with Gasteiger partial charge in [-0.1, -0.05) is 0 Å². The molecule has 2 heterocycles. The van der Waals surface area contributed by atoms with Gasteiger partial charge in [-0.25, -0.2) is 4.79 Å². The second-order valence-electron chi connectivity index (χ2n) is 7.38. The quantitative estimate of drug-likeness (QED) is 0.859. The highest BCUT2D eigenvalue weighted by Crippen LogP contribution is 2.24. The first-order valence-corrected chi connectivity index (χ1v) is 9.37. The predicted molar refractivity (Wildman–Crippen MR) is 96.1 cm³/mol. The molecule has 1 aliphatic heterocycles. The molecule has 2 rings (SSSR count). The van der Waals surface area contributed by atoms with Crippen molar-refractivity contribution in [2.45, 2.75) is 71.6 Å². The fraction of sp³-hybridized carbons (Fsp3) is 0.722. The standard InChI is InChI=1S/C18H30N2O2S/c1-13-8-9-16(23-13)14(2)19-11-10-15-7-6-12-20(15)17(21)22-18(3,4)5/h8-9,14-15,19H,6-7,10-12H2,1-5H3. The summed E-state index contributed by atoms with van der Waals surface area (Å²) in [4.78, 5) is 16.9. The molecule has 23 heavy (non-hydrogen) atoms. The van der Waals surface area contributed by atoms with Crippen LogP contribution in [0.4, 0.5) is 4.79 Å². The lowest BCUT2D eigenvalue weighted by molar-refractivity contribution is 0.0220. The average molecular weight is 339 g/mol. The molecule has 0 bridgehead atoms. The lowest BCUT2D eigenvalue weighted by Gasteiger charge is -2.29. The normalized spacial score (nSPS) is 19.9. The number of ether oxygens (including phenoxy) is 1. The summed E-state index contributed by atoms with van der Waals surface area (Å²) < 4.78 is 5.52. The van der Waals surface area contributed by atoms with Crippen molar-refractivity contribution in [3.63, 3.8) is 0 Å². The zero-order valence-corrected chi connectivity index (χ0v) is 15.8. The molecule has 1 saturated heterocycles. The second kappa shape index (κ2) is 7.67. The first-order valence-electron chi connectivity index (χ1n) is 8.55. The summed E-state index contributed by atoms with van der Waals surface area (Å²) in [6.07, 6.45) is 2.97. The Balaban J connectivity index is 1.79. The molecule has 0 saturated carbocycles. The molecular weight excluding hydrogens is 308 g/mol. The third-order valence-electron chi connectivity index (χ3n) is 4.12. The van der Waals surface area contributed by atoms with Gasteiger partial charge in [-0.05, 0) is 72.6 Å². The van der Waals surface area contributed by atoms with Crippen LogP contribution in [0.15, 0.2) is 12.1 Å². The lowest BCUT2D eigenvalue weighted by Crippen LogP contribution is -2.41. The van der Waals surface area contributed by atoms with Crippen molar-refractivity contribution < 1.29 is 9.53 Å². The molecule has 4 nitrogen and oxygen atoms in total. The van der Waals surface area contributed by atoms with Crippen molar-refractivity contribution in [2.75, 3.05) is 13.1 Å². The van der Waals surface area contributed by atoms with Crippen LogP contribution < -0.4 is 5.32 Å². The van der Waals surface area contributed by atoms with E-state index in [-0.39, 0.29) is 6.09 Å². The Kier molecular flexibility index (Phi) is 6.09. The number of hydrogen-bond donors (Lipinski definition) is 1. The molecule has 0 spiro atoms. The molecule has 2 unspecified atom stereocenters.